The lowest BCUT2D eigenvalue weighted by atomic mass is 10.1. The minimum atomic E-state index is -0.160. The molecule has 0 aliphatic carbocycles. The van der Waals surface area contributed by atoms with Crippen LogP contribution >= 0.6 is 11.6 Å². The Hall–Kier alpha value is -2.05. The van der Waals surface area contributed by atoms with Gasteiger partial charge in [0.2, 0.25) is 0 Å². The number of carbonyl (C=O) groups is 1. The van der Waals surface area contributed by atoms with Crippen LogP contribution in [0.5, 0.6) is 5.75 Å². The van der Waals surface area contributed by atoms with E-state index in [0.29, 0.717) is 36.3 Å². The average Bonchev–Trinajstić information content (AvgIpc) is 3.15. The molecule has 1 saturated heterocycles. The predicted molar refractivity (Wildman–Crippen MR) is 102 cm³/mol. The lowest BCUT2D eigenvalue weighted by Crippen LogP contribution is -2.32. The van der Waals surface area contributed by atoms with E-state index < -0.39 is 0 Å². The fourth-order valence-electron chi connectivity index (χ4n) is 3.16. The number of halogens is 1. The molecule has 2 N–H and O–H groups in total. The first-order valence-corrected chi connectivity index (χ1v) is 9.50. The average molecular weight is 377 g/mol. The van der Waals surface area contributed by atoms with Crippen LogP contribution in [0, 0.1) is 0 Å². The highest BCUT2D eigenvalue weighted by molar-refractivity contribution is 6.30. The largest absolute Gasteiger partial charge is 0.494 e. The van der Waals surface area contributed by atoms with Crippen LogP contribution in [0.25, 0.3) is 0 Å². The first-order valence-electron chi connectivity index (χ1n) is 9.12. The molecule has 1 aromatic heterocycles. The number of rotatable bonds is 7. The molecule has 0 radical (unpaired) electrons. The van der Waals surface area contributed by atoms with Crippen LogP contribution in [0.2, 0.25) is 5.02 Å². The Balaban J connectivity index is 1.54. The molecule has 26 heavy (non-hydrogen) atoms. The van der Waals surface area contributed by atoms with Gasteiger partial charge in [0.15, 0.2) is 0 Å². The quantitative estimate of drug-likeness (QED) is 0.779. The Morgan fingerprint density at radius 2 is 2.35 bits per heavy atom. The highest BCUT2D eigenvalue weighted by Crippen LogP contribution is 2.23. The van der Waals surface area contributed by atoms with E-state index in [4.69, 9.17) is 16.3 Å². The van der Waals surface area contributed by atoms with Gasteiger partial charge in [0, 0.05) is 24.3 Å². The zero-order chi connectivity index (χ0) is 18.4. The van der Waals surface area contributed by atoms with Crippen LogP contribution in [0.1, 0.15) is 41.9 Å². The molecule has 7 heteroatoms. The Morgan fingerprint density at radius 1 is 1.46 bits per heavy atom. The normalized spacial score (nSPS) is 17.1. The van der Waals surface area contributed by atoms with Crippen molar-refractivity contribution >= 4 is 17.5 Å². The van der Waals surface area contributed by atoms with Gasteiger partial charge in [-0.1, -0.05) is 11.6 Å². The molecule has 0 saturated carbocycles. The lowest BCUT2D eigenvalue weighted by molar-refractivity contribution is 0.0947. The van der Waals surface area contributed by atoms with E-state index in [9.17, 15) is 4.79 Å². The third-order valence-electron chi connectivity index (χ3n) is 4.49. The second kappa shape index (κ2) is 9.05. The number of benzene rings is 1. The van der Waals surface area contributed by atoms with Crippen molar-refractivity contribution in [3.63, 3.8) is 0 Å². The number of ether oxygens (including phenoxy) is 1. The van der Waals surface area contributed by atoms with E-state index in [-0.39, 0.29) is 5.91 Å². The summed E-state index contributed by atoms with van der Waals surface area (Å²) in [6, 6.07) is 7.65. The number of amides is 1. The van der Waals surface area contributed by atoms with E-state index >= 15 is 0 Å². The topological polar surface area (TPSA) is 68.2 Å². The molecular formula is C19H25ClN4O2. The summed E-state index contributed by atoms with van der Waals surface area (Å²) >= 11 is 6.07. The van der Waals surface area contributed by atoms with E-state index in [1.165, 1.54) is 0 Å². The summed E-state index contributed by atoms with van der Waals surface area (Å²) in [4.78, 5) is 12.3. The van der Waals surface area contributed by atoms with Crippen LogP contribution in [-0.4, -0.2) is 41.9 Å². The summed E-state index contributed by atoms with van der Waals surface area (Å²) in [7, 11) is 0. The molecule has 1 unspecified atom stereocenters. The number of nitrogens with zero attached hydrogens (tertiary/aromatic N) is 2. The molecular weight excluding hydrogens is 352 g/mol. The molecule has 2 heterocycles. The second-order valence-electron chi connectivity index (χ2n) is 6.37. The van der Waals surface area contributed by atoms with E-state index in [2.05, 4.69) is 15.7 Å². The molecule has 1 aliphatic heterocycles. The zero-order valence-electron chi connectivity index (χ0n) is 15.0. The van der Waals surface area contributed by atoms with Crippen molar-refractivity contribution in [3.05, 3.63) is 46.7 Å². The van der Waals surface area contributed by atoms with Gasteiger partial charge in [0.25, 0.3) is 5.91 Å². The Morgan fingerprint density at radius 3 is 3.12 bits per heavy atom. The van der Waals surface area contributed by atoms with Crippen LogP contribution in [0.15, 0.2) is 30.5 Å². The Bertz CT molecular complexity index is 741. The maximum Gasteiger partial charge on any atom is 0.271 e. The van der Waals surface area contributed by atoms with Crippen molar-refractivity contribution in [2.45, 2.75) is 32.2 Å². The SMILES string of the molecule is CCOc1ccc(Cl)cc1CCNC(=O)c1ccn(C2CCCNC2)n1. The van der Waals surface area contributed by atoms with Crippen molar-refractivity contribution in [2.24, 2.45) is 0 Å². The summed E-state index contributed by atoms with van der Waals surface area (Å²) in [6.45, 7) is 4.99. The van der Waals surface area contributed by atoms with Crippen molar-refractivity contribution in [1.29, 1.82) is 0 Å². The molecule has 2 aromatic rings. The molecule has 1 aliphatic rings. The van der Waals surface area contributed by atoms with Crippen molar-refractivity contribution in [3.8, 4) is 5.75 Å². The molecule has 1 aromatic carbocycles. The van der Waals surface area contributed by atoms with Gasteiger partial charge < -0.3 is 15.4 Å². The van der Waals surface area contributed by atoms with Gasteiger partial charge in [-0.2, -0.15) is 5.10 Å². The lowest BCUT2D eigenvalue weighted by Gasteiger charge is -2.22. The fourth-order valence-corrected chi connectivity index (χ4v) is 3.36. The minimum Gasteiger partial charge on any atom is -0.494 e. The first-order chi connectivity index (χ1) is 12.7. The highest BCUT2D eigenvalue weighted by Gasteiger charge is 2.17. The summed E-state index contributed by atoms with van der Waals surface area (Å²) < 4.78 is 7.51. The number of hydrogen-bond donors (Lipinski definition) is 2. The Kier molecular flexibility index (Phi) is 6.52. The third kappa shape index (κ3) is 4.77. The molecule has 6 nitrogen and oxygen atoms in total. The highest BCUT2D eigenvalue weighted by atomic mass is 35.5. The fraction of sp³-hybridized carbons (Fsp3) is 0.474. The number of aromatic nitrogens is 2. The van der Waals surface area contributed by atoms with Gasteiger partial charge >= 0.3 is 0 Å². The second-order valence-corrected chi connectivity index (χ2v) is 6.81. The first kappa shape index (κ1) is 18.7. The molecule has 0 bridgehead atoms. The van der Waals surface area contributed by atoms with Crippen LogP contribution in [-0.2, 0) is 6.42 Å². The molecule has 1 atom stereocenters. The van der Waals surface area contributed by atoms with Gasteiger partial charge in [0.05, 0.1) is 12.6 Å². The number of hydrogen-bond acceptors (Lipinski definition) is 4. The number of nitrogens with one attached hydrogen (secondary N) is 2. The maximum atomic E-state index is 12.3. The van der Waals surface area contributed by atoms with E-state index in [1.54, 1.807) is 12.1 Å². The van der Waals surface area contributed by atoms with Gasteiger partial charge in [-0.25, -0.2) is 0 Å². The standard InChI is InChI=1S/C19H25ClN4O2/c1-2-26-18-6-5-15(20)12-14(18)7-10-22-19(25)17-8-11-24(23-17)16-4-3-9-21-13-16/h5-6,8,11-12,16,21H,2-4,7,9-10,13H2,1H3,(H,22,25). The van der Waals surface area contributed by atoms with E-state index in [1.807, 2.05) is 29.9 Å². The van der Waals surface area contributed by atoms with Crippen LogP contribution < -0.4 is 15.4 Å². The molecule has 1 fully saturated rings. The molecule has 0 spiro atoms. The predicted octanol–water partition coefficient (Wildman–Crippen LogP) is 2.83. The van der Waals surface area contributed by atoms with Gasteiger partial charge in [0.1, 0.15) is 11.4 Å². The van der Waals surface area contributed by atoms with Gasteiger partial charge in [-0.3, -0.25) is 9.48 Å². The summed E-state index contributed by atoms with van der Waals surface area (Å²) in [6.07, 6.45) is 4.75. The monoisotopic (exact) mass is 376 g/mol. The zero-order valence-corrected chi connectivity index (χ0v) is 15.8. The Labute approximate surface area is 158 Å². The smallest absolute Gasteiger partial charge is 0.271 e. The number of piperidine rings is 1. The maximum absolute atomic E-state index is 12.3. The van der Waals surface area contributed by atoms with Gasteiger partial charge in [-0.05, 0) is 62.6 Å². The third-order valence-corrected chi connectivity index (χ3v) is 4.72. The summed E-state index contributed by atoms with van der Waals surface area (Å²) in [5, 5.41) is 11.4. The number of carbonyl (C=O) groups excluding carboxylic acids is 1. The van der Waals surface area contributed by atoms with Crippen LogP contribution in [0.4, 0.5) is 0 Å². The summed E-state index contributed by atoms with van der Waals surface area (Å²) in [5.74, 6) is 0.646. The van der Waals surface area contributed by atoms with Crippen molar-refractivity contribution < 1.29 is 9.53 Å². The van der Waals surface area contributed by atoms with Crippen molar-refractivity contribution in [1.82, 2.24) is 20.4 Å². The van der Waals surface area contributed by atoms with Crippen LogP contribution in [0.3, 0.4) is 0 Å². The van der Waals surface area contributed by atoms with Crippen molar-refractivity contribution in [2.75, 3.05) is 26.2 Å². The summed E-state index contributed by atoms with van der Waals surface area (Å²) in [5.41, 5.74) is 1.44. The minimum absolute atomic E-state index is 0.160. The van der Waals surface area contributed by atoms with Gasteiger partial charge in [-0.15, -0.1) is 0 Å². The molecule has 3 rings (SSSR count). The molecule has 140 valence electrons. The van der Waals surface area contributed by atoms with E-state index in [0.717, 1.165) is 37.2 Å². The molecule has 1 amide bonds.